The molecule has 5 saturated carbocycles. The number of fused-ring (bicyclic) bond motifs is 4. The van der Waals surface area contributed by atoms with Gasteiger partial charge in [-0.15, -0.1) is 0 Å². The van der Waals surface area contributed by atoms with Gasteiger partial charge in [-0.25, -0.2) is 4.98 Å². The molecule has 5 aliphatic carbocycles. The van der Waals surface area contributed by atoms with Gasteiger partial charge in [0.05, 0.1) is 23.9 Å². The van der Waals surface area contributed by atoms with E-state index < -0.39 is 23.7 Å². The van der Waals surface area contributed by atoms with Crippen molar-refractivity contribution < 1.29 is 15.0 Å². The molecular weight excluding hydrogens is 432 g/mol. The molecule has 9 nitrogen and oxygen atoms in total. The second-order valence-corrected chi connectivity index (χ2v) is 11.0. The van der Waals surface area contributed by atoms with Crippen LogP contribution >= 0.6 is 11.6 Å². The number of amides is 1. The van der Waals surface area contributed by atoms with Crippen LogP contribution in [-0.2, 0) is 4.79 Å². The normalized spacial score (nSPS) is 41.8. The summed E-state index contributed by atoms with van der Waals surface area (Å²) in [6.45, 7) is 0. The lowest BCUT2D eigenvalue weighted by Crippen LogP contribution is -2.43. The average Bonchev–Trinajstić information content (AvgIpc) is 3.54. The van der Waals surface area contributed by atoms with Crippen LogP contribution in [0.1, 0.15) is 51.0 Å². The van der Waals surface area contributed by atoms with Crippen molar-refractivity contribution in [2.24, 2.45) is 23.2 Å². The maximum absolute atomic E-state index is 12.9. The average molecular weight is 459 g/mol. The van der Waals surface area contributed by atoms with Crippen molar-refractivity contribution in [1.82, 2.24) is 24.8 Å². The lowest BCUT2D eigenvalue weighted by molar-refractivity contribution is -0.132. The molecular formula is C22H27ClN6O3. The number of aliphatic hydroxyl groups excluding tert-OH is 2. The number of aliphatic hydroxyl groups is 2. The molecule has 0 aromatic carbocycles. The Hall–Kier alpha value is -1.97. The summed E-state index contributed by atoms with van der Waals surface area (Å²) in [7, 11) is 0. The first kappa shape index (κ1) is 19.5. The summed E-state index contributed by atoms with van der Waals surface area (Å²) in [5, 5.41) is 28.5. The van der Waals surface area contributed by atoms with E-state index in [2.05, 4.69) is 25.6 Å². The number of imidazole rings is 1. The van der Waals surface area contributed by atoms with E-state index in [0.29, 0.717) is 35.4 Å². The van der Waals surface area contributed by atoms with Crippen molar-refractivity contribution in [2.45, 2.75) is 75.3 Å². The Morgan fingerprint density at radius 2 is 2.03 bits per heavy atom. The van der Waals surface area contributed by atoms with Crippen molar-refractivity contribution in [3.63, 3.8) is 0 Å². The molecule has 5 fully saturated rings. The third kappa shape index (κ3) is 2.64. The smallest absolute Gasteiger partial charge is 0.229 e. The van der Waals surface area contributed by atoms with Crippen molar-refractivity contribution in [3.05, 3.63) is 11.6 Å². The van der Waals surface area contributed by atoms with E-state index in [1.54, 1.807) is 10.9 Å². The number of aromatic nitrogens is 4. The number of anilines is 1. The van der Waals surface area contributed by atoms with Gasteiger partial charge in [-0.2, -0.15) is 9.97 Å². The first-order chi connectivity index (χ1) is 15.5. The topological polar surface area (TPSA) is 125 Å². The fraction of sp³-hybridized carbons (Fsp3) is 0.727. The minimum Gasteiger partial charge on any atom is -0.389 e. The Bertz CT molecular complexity index is 1120. The van der Waals surface area contributed by atoms with Gasteiger partial charge >= 0.3 is 0 Å². The van der Waals surface area contributed by atoms with Gasteiger partial charge < -0.3 is 25.4 Å². The summed E-state index contributed by atoms with van der Waals surface area (Å²) in [4.78, 5) is 26.3. The summed E-state index contributed by atoms with van der Waals surface area (Å²) < 4.78 is 1.78. The third-order valence-corrected chi connectivity index (χ3v) is 8.95. The predicted octanol–water partition coefficient (Wildman–Crippen LogP) is 1.64. The Morgan fingerprint density at radius 3 is 2.75 bits per heavy atom. The minimum atomic E-state index is -1.11. The lowest BCUT2D eigenvalue weighted by atomic mass is 9.95. The monoisotopic (exact) mass is 458 g/mol. The zero-order valence-corrected chi connectivity index (χ0v) is 18.4. The van der Waals surface area contributed by atoms with Gasteiger partial charge in [0.25, 0.3) is 0 Å². The minimum absolute atomic E-state index is 0.117. The van der Waals surface area contributed by atoms with E-state index in [-0.39, 0.29) is 23.2 Å². The standard InChI is InChI=1S/C22H27ClN6O3/c23-21-27-18(26-13-6-9-1-2-10(13)5-9)14-19(28-21)29(8-24-14)15-12-7-22(12,17(31)16(15)30)20(32)25-11-3-4-11/h8-13,15-17,30-31H,1-7H2,(H,25,32)(H,26,27,28)/t9?,10?,12?,13?,15-,16+,17+,22?/m1/s1. The summed E-state index contributed by atoms with van der Waals surface area (Å²) in [6, 6.07) is 0.0945. The zero-order valence-electron chi connectivity index (χ0n) is 17.6. The number of carbonyl (C=O) groups is 1. The highest BCUT2D eigenvalue weighted by atomic mass is 35.5. The highest BCUT2D eigenvalue weighted by Crippen LogP contribution is 2.68. The van der Waals surface area contributed by atoms with Crippen LogP contribution in [0, 0.1) is 23.2 Å². The molecule has 4 N–H and O–H groups in total. The van der Waals surface area contributed by atoms with E-state index in [1.807, 2.05) is 0 Å². The lowest BCUT2D eigenvalue weighted by Gasteiger charge is -2.24. The van der Waals surface area contributed by atoms with Gasteiger partial charge in [-0.05, 0) is 62.0 Å². The van der Waals surface area contributed by atoms with E-state index >= 15 is 0 Å². The van der Waals surface area contributed by atoms with Crippen LogP contribution in [0.3, 0.4) is 0 Å². The Kier molecular flexibility index (Phi) is 3.99. The highest BCUT2D eigenvalue weighted by Gasteiger charge is 2.75. The number of nitrogens with one attached hydrogen (secondary N) is 2. The first-order valence-electron chi connectivity index (χ1n) is 11.8. The van der Waals surface area contributed by atoms with Gasteiger partial charge in [0.15, 0.2) is 17.0 Å². The molecule has 0 spiro atoms. The molecule has 32 heavy (non-hydrogen) atoms. The van der Waals surface area contributed by atoms with Crippen LogP contribution in [0.25, 0.3) is 11.2 Å². The van der Waals surface area contributed by atoms with Crippen LogP contribution in [0.15, 0.2) is 6.33 Å². The maximum Gasteiger partial charge on any atom is 0.229 e. The number of halogens is 1. The molecule has 8 atom stereocenters. The van der Waals surface area contributed by atoms with Gasteiger partial charge in [0.1, 0.15) is 6.10 Å². The van der Waals surface area contributed by atoms with E-state index in [4.69, 9.17) is 11.6 Å². The molecule has 10 heteroatoms. The molecule has 7 rings (SSSR count). The van der Waals surface area contributed by atoms with Crippen LogP contribution in [-0.4, -0.2) is 59.9 Å². The molecule has 0 radical (unpaired) electrons. The van der Waals surface area contributed by atoms with E-state index in [1.165, 1.54) is 19.3 Å². The van der Waals surface area contributed by atoms with Gasteiger partial charge in [-0.3, -0.25) is 4.79 Å². The van der Waals surface area contributed by atoms with Crippen molar-refractivity contribution in [3.8, 4) is 0 Å². The molecule has 0 aliphatic heterocycles. The number of hydrogen-bond donors (Lipinski definition) is 4. The van der Waals surface area contributed by atoms with Crippen molar-refractivity contribution >= 4 is 34.5 Å². The van der Waals surface area contributed by atoms with Crippen LogP contribution in [0.2, 0.25) is 5.28 Å². The maximum atomic E-state index is 12.9. The Balaban J connectivity index is 1.22. The summed E-state index contributed by atoms with van der Waals surface area (Å²) in [6.07, 6.45) is 6.93. The molecule has 170 valence electrons. The van der Waals surface area contributed by atoms with E-state index in [9.17, 15) is 15.0 Å². The van der Waals surface area contributed by atoms with Gasteiger partial charge in [0.2, 0.25) is 11.2 Å². The van der Waals surface area contributed by atoms with Gasteiger partial charge in [0, 0.05) is 18.0 Å². The van der Waals surface area contributed by atoms with Crippen molar-refractivity contribution in [2.75, 3.05) is 5.32 Å². The van der Waals surface area contributed by atoms with E-state index in [0.717, 1.165) is 25.2 Å². The fourth-order valence-electron chi connectivity index (χ4n) is 6.91. The quantitative estimate of drug-likeness (QED) is 0.502. The highest BCUT2D eigenvalue weighted by molar-refractivity contribution is 6.28. The predicted molar refractivity (Wildman–Crippen MR) is 116 cm³/mol. The second kappa shape index (κ2) is 6.55. The molecule has 1 amide bonds. The summed E-state index contributed by atoms with van der Waals surface area (Å²) in [5.41, 5.74) is 0.209. The number of nitrogens with zero attached hydrogens (tertiary/aromatic N) is 4. The molecule has 2 heterocycles. The third-order valence-electron chi connectivity index (χ3n) is 8.78. The number of rotatable bonds is 5. The fourth-order valence-corrected chi connectivity index (χ4v) is 7.07. The van der Waals surface area contributed by atoms with Crippen molar-refractivity contribution in [1.29, 1.82) is 0 Å². The molecule has 0 saturated heterocycles. The number of carbonyl (C=O) groups excluding carboxylic acids is 1. The summed E-state index contributed by atoms with van der Waals surface area (Å²) >= 11 is 6.30. The van der Waals surface area contributed by atoms with Gasteiger partial charge in [-0.1, -0.05) is 6.42 Å². The summed E-state index contributed by atoms with van der Waals surface area (Å²) in [5.74, 6) is 1.77. The molecule has 2 aromatic rings. The van der Waals surface area contributed by atoms with Crippen LogP contribution in [0.4, 0.5) is 5.82 Å². The Morgan fingerprint density at radius 1 is 1.19 bits per heavy atom. The SMILES string of the molecule is O=C(NC1CC1)C12CC1[C@@H](n1cnc3c(NC4CC5CCC4C5)nc(Cl)nc31)[C@H](O)[C@@H]2O. The largest absolute Gasteiger partial charge is 0.389 e. The zero-order chi connectivity index (χ0) is 21.8. The molecule has 2 bridgehead atoms. The molecule has 5 aliphatic rings. The van der Waals surface area contributed by atoms with Crippen LogP contribution in [0.5, 0.6) is 0 Å². The Labute approximate surface area is 190 Å². The first-order valence-corrected chi connectivity index (χ1v) is 12.2. The van der Waals surface area contributed by atoms with Crippen LogP contribution < -0.4 is 10.6 Å². The molecule has 5 unspecified atom stereocenters. The second-order valence-electron chi connectivity index (χ2n) is 10.6. The molecule has 2 aromatic heterocycles. The number of hydrogen-bond acceptors (Lipinski definition) is 7.